The molecular formula is C16H9ClF2N4O4S. The smallest absolute Gasteiger partial charge is 0.276 e. The minimum Gasteiger partial charge on any atom is -0.276 e. The molecule has 0 aliphatic rings. The van der Waals surface area contributed by atoms with Crippen molar-refractivity contribution in [3.8, 4) is 11.3 Å². The Morgan fingerprint density at radius 3 is 2.54 bits per heavy atom. The van der Waals surface area contributed by atoms with Gasteiger partial charge in [-0.1, -0.05) is 12.1 Å². The number of sulfonamides is 1. The largest absolute Gasteiger partial charge is 0.289 e. The van der Waals surface area contributed by atoms with Crippen LogP contribution < -0.4 is 4.72 Å². The summed E-state index contributed by atoms with van der Waals surface area (Å²) < 4.78 is 55.1. The van der Waals surface area contributed by atoms with Crippen LogP contribution in [-0.4, -0.2) is 23.3 Å². The van der Waals surface area contributed by atoms with Crippen LogP contribution in [0.4, 0.5) is 20.2 Å². The number of anilines is 1. The molecule has 1 N–H and O–H groups in total. The SMILES string of the molecule is O=[N+]([O-])c1ccccc1S(=O)(=O)Nc1cc(-c2nc(Cl)ncc2F)ccc1F. The first-order chi connectivity index (χ1) is 13.2. The molecule has 0 aliphatic heterocycles. The molecule has 0 saturated carbocycles. The summed E-state index contributed by atoms with van der Waals surface area (Å²) in [6.45, 7) is 0. The second-order valence-corrected chi connectivity index (χ2v) is 7.35. The Hall–Kier alpha value is -3.18. The monoisotopic (exact) mass is 426 g/mol. The maximum Gasteiger partial charge on any atom is 0.289 e. The van der Waals surface area contributed by atoms with Gasteiger partial charge in [-0.25, -0.2) is 27.2 Å². The van der Waals surface area contributed by atoms with Gasteiger partial charge < -0.3 is 0 Å². The third-order valence-electron chi connectivity index (χ3n) is 3.55. The summed E-state index contributed by atoms with van der Waals surface area (Å²) in [6, 6.07) is 7.63. The number of hydrogen-bond acceptors (Lipinski definition) is 6. The topological polar surface area (TPSA) is 115 Å². The van der Waals surface area contributed by atoms with Crippen molar-refractivity contribution in [3.05, 3.63) is 75.7 Å². The average Bonchev–Trinajstić information content (AvgIpc) is 2.65. The summed E-state index contributed by atoms with van der Waals surface area (Å²) in [4.78, 5) is 16.7. The predicted octanol–water partition coefficient (Wildman–Crippen LogP) is 3.78. The fourth-order valence-electron chi connectivity index (χ4n) is 2.33. The van der Waals surface area contributed by atoms with E-state index >= 15 is 0 Å². The van der Waals surface area contributed by atoms with Crippen molar-refractivity contribution in [3.63, 3.8) is 0 Å². The lowest BCUT2D eigenvalue weighted by molar-refractivity contribution is -0.387. The van der Waals surface area contributed by atoms with E-state index in [1.165, 1.54) is 18.2 Å². The van der Waals surface area contributed by atoms with E-state index in [0.717, 1.165) is 30.5 Å². The highest BCUT2D eigenvalue weighted by molar-refractivity contribution is 7.92. The Labute approximate surface area is 162 Å². The number of nitro groups is 1. The van der Waals surface area contributed by atoms with Crippen molar-refractivity contribution in [2.75, 3.05) is 4.72 Å². The molecule has 0 atom stereocenters. The van der Waals surface area contributed by atoms with Gasteiger partial charge in [0.05, 0.1) is 16.8 Å². The molecule has 0 fully saturated rings. The number of halogens is 3. The van der Waals surface area contributed by atoms with E-state index < -0.39 is 42.9 Å². The van der Waals surface area contributed by atoms with Gasteiger partial charge in [0.25, 0.3) is 15.7 Å². The number of rotatable bonds is 5. The maximum absolute atomic E-state index is 14.2. The van der Waals surface area contributed by atoms with Crippen LogP contribution in [0.2, 0.25) is 5.28 Å². The molecule has 144 valence electrons. The summed E-state index contributed by atoms with van der Waals surface area (Å²) in [7, 11) is -4.51. The summed E-state index contributed by atoms with van der Waals surface area (Å²) >= 11 is 5.63. The molecule has 2 aromatic carbocycles. The van der Waals surface area contributed by atoms with Crippen molar-refractivity contribution in [1.29, 1.82) is 0 Å². The van der Waals surface area contributed by atoms with E-state index in [1.54, 1.807) is 0 Å². The first kappa shape index (κ1) is 19.6. The van der Waals surface area contributed by atoms with Gasteiger partial charge >= 0.3 is 0 Å². The Kier molecular flexibility index (Phi) is 5.21. The standard InChI is InChI=1S/C16H9ClF2N4O4S/c17-16-20-8-11(19)15(21-16)9-5-6-10(18)12(7-9)22-28(26,27)14-4-2-1-3-13(14)23(24)25/h1-8,22H. The van der Waals surface area contributed by atoms with Gasteiger partial charge in [-0.15, -0.1) is 0 Å². The van der Waals surface area contributed by atoms with Gasteiger partial charge in [0.1, 0.15) is 11.5 Å². The molecule has 0 saturated heterocycles. The highest BCUT2D eigenvalue weighted by Gasteiger charge is 2.26. The van der Waals surface area contributed by atoms with Crippen molar-refractivity contribution < 1.29 is 22.1 Å². The Morgan fingerprint density at radius 1 is 1.11 bits per heavy atom. The third kappa shape index (κ3) is 3.89. The molecule has 0 bridgehead atoms. The van der Waals surface area contributed by atoms with Gasteiger partial charge in [-0.05, 0) is 35.9 Å². The van der Waals surface area contributed by atoms with E-state index in [0.29, 0.717) is 0 Å². The first-order valence-electron chi connectivity index (χ1n) is 7.43. The molecule has 0 unspecified atom stereocenters. The number of nitrogens with zero attached hydrogens (tertiary/aromatic N) is 3. The highest BCUT2D eigenvalue weighted by Crippen LogP contribution is 2.29. The molecule has 3 rings (SSSR count). The molecular weight excluding hydrogens is 418 g/mol. The van der Waals surface area contributed by atoms with Gasteiger partial charge in [-0.2, -0.15) is 0 Å². The molecule has 28 heavy (non-hydrogen) atoms. The Balaban J connectivity index is 2.06. The van der Waals surface area contributed by atoms with Crippen molar-refractivity contribution in [2.24, 2.45) is 0 Å². The van der Waals surface area contributed by atoms with Crippen LogP contribution in [0.3, 0.4) is 0 Å². The lowest BCUT2D eigenvalue weighted by Gasteiger charge is -2.11. The van der Waals surface area contributed by atoms with E-state index in [-0.39, 0.29) is 16.5 Å². The van der Waals surface area contributed by atoms with Crippen molar-refractivity contribution in [1.82, 2.24) is 9.97 Å². The van der Waals surface area contributed by atoms with Gasteiger partial charge in [0.15, 0.2) is 10.7 Å². The second kappa shape index (κ2) is 7.44. The van der Waals surface area contributed by atoms with Crippen LogP contribution in [-0.2, 0) is 10.0 Å². The van der Waals surface area contributed by atoms with Crippen LogP contribution in [0.5, 0.6) is 0 Å². The fourth-order valence-corrected chi connectivity index (χ4v) is 3.70. The van der Waals surface area contributed by atoms with E-state index in [1.807, 2.05) is 4.72 Å². The molecule has 1 heterocycles. The number of nitro benzene ring substituents is 1. The molecule has 0 spiro atoms. The normalized spacial score (nSPS) is 11.2. The maximum atomic E-state index is 14.2. The van der Waals surface area contributed by atoms with Crippen molar-refractivity contribution >= 4 is 33.0 Å². The van der Waals surface area contributed by atoms with Crippen LogP contribution in [0.15, 0.2) is 53.6 Å². The molecule has 0 aliphatic carbocycles. The average molecular weight is 427 g/mol. The van der Waals surface area contributed by atoms with E-state index in [4.69, 9.17) is 11.6 Å². The van der Waals surface area contributed by atoms with Crippen LogP contribution in [0.25, 0.3) is 11.3 Å². The van der Waals surface area contributed by atoms with Gasteiger partial charge in [-0.3, -0.25) is 14.8 Å². The van der Waals surface area contributed by atoms with Crippen LogP contribution in [0, 0.1) is 21.7 Å². The third-order valence-corrected chi connectivity index (χ3v) is 5.15. The summed E-state index contributed by atoms with van der Waals surface area (Å²) in [5.74, 6) is -1.84. The molecule has 0 radical (unpaired) electrons. The lowest BCUT2D eigenvalue weighted by atomic mass is 10.1. The highest BCUT2D eigenvalue weighted by atomic mass is 35.5. The number of para-hydroxylation sites is 1. The quantitative estimate of drug-likeness (QED) is 0.377. The van der Waals surface area contributed by atoms with E-state index in [9.17, 15) is 27.3 Å². The second-order valence-electron chi connectivity index (χ2n) is 5.36. The fraction of sp³-hybridized carbons (Fsp3) is 0. The zero-order chi connectivity index (χ0) is 20.5. The predicted molar refractivity (Wildman–Crippen MR) is 96.3 cm³/mol. The number of aromatic nitrogens is 2. The Bertz CT molecular complexity index is 1190. The molecule has 1 aromatic heterocycles. The lowest BCUT2D eigenvalue weighted by Crippen LogP contribution is -2.15. The summed E-state index contributed by atoms with van der Waals surface area (Å²) in [6.07, 6.45) is 0.811. The number of hydrogen-bond donors (Lipinski definition) is 1. The summed E-state index contributed by atoms with van der Waals surface area (Å²) in [5, 5.41) is 10.8. The van der Waals surface area contributed by atoms with E-state index in [2.05, 4.69) is 9.97 Å². The van der Waals surface area contributed by atoms with Crippen molar-refractivity contribution in [2.45, 2.75) is 4.90 Å². The number of nitrogens with one attached hydrogen (secondary N) is 1. The van der Waals surface area contributed by atoms with Crippen LogP contribution >= 0.6 is 11.6 Å². The minimum absolute atomic E-state index is 0.0171. The van der Waals surface area contributed by atoms with Gasteiger partial charge in [0.2, 0.25) is 5.28 Å². The zero-order valence-corrected chi connectivity index (χ0v) is 15.2. The van der Waals surface area contributed by atoms with Gasteiger partial charge in [0, 0.05) is 11.6 Å². The first-order valence-corrected chi connectivity index (χ1v) is 9.29. The minimum atomic E-state index is -4.51. The molecule has 12 heteroatoms. The summed E-state index contributed by atoms with van der Waals surface area (Å²) in [5.41, 5.74) is -1.49. The zero-order valence-electron chi connectivity index (χ0n) is 13.6. The molecule has 8 nitrogen and oxygen atoms in total. The molecule has 3 aromatic rings. The van der Waals surface area contributed by atoms with Crippen LogP contribution in [0.1, 0.15) is 0 Å². The molecule has 0 amide bonds. The number of benzene rings is 2. The Morgan fingerprint density at radius 2 is 1.82 bits per heavy atom.